The molecular weight excluding hydrogens is 599 g/mol. The van der Waals surface area contributed by atoms with Crippen molar-refractivity contribution in [3.05, 3.63) is 59.6 Å². The summed E-state index contributed by atoms with van der Waals surface area (Å²) in [6.45, 7) is 8.14. The molecule has 4 rings (SSSR count). The Kier molecular flexibility index (Phi) is 11.5. The molecule has 0 saturated carbocycles. The quantitative estimate of drug-likeness (QED) is 0.159. The molecule has 2 aromatic carbocycles. The Morgan fingerprint density at radius 2 is 1.89 bits per heavy atom. The predicted octanol–water partition coefficient (Wildman–Crippen LogP) is 4.90. The van der Waals surface area contributed by atoms with Crippen LogP contribution in [0.25, 0.3) is 10.2 Å². The van der Waals surface area contributed by atoms with Gasteiger partial charge in [0, 0.05) is 17.2 Å². The van der Waals surface area contributed by atoms with Gasteiger partial charge >= 0.3 is 0 Å². The number of hydrogen-bond acceptors (Lipinski definition) is 8. The lowest BCUT2D eigenvalue weighted by Crippen LogP contribution is -2.73. The van der Waals surface area contributed by atoms with Crippen LogP contribution >= 0.6 is 11.3 Å². The number of carbonyl (C=O) groups excluding carboxylic acids is 2. The van der Waals surface area contributed by atoms with Gasteiger partial charge in [0.05, 0.1) is 38.5 Å². The maximum Gasteiger partial charge on any atom is 0.287 e. The Bertz CT molecular complexity index is 1510. The van der Waals surface area contributed by atoms with Gasteiger partial charge in [0.15, 0.2) is 16.4 Å². The number of quaternary nitrogens is 1. The van der Waals surface area contributed by atoms with Crippen molar-refractivity contribution < 1.29 is 28.1 Å². The molecule has 2 amide bonds. The molecule has 240 valence electrons. The third-order valence-electron chi connectivity index (χ3n) is 8.36. The zero-order chi connectivity index (χ0) is 31.9. The Morgan fingerprint density at radius 3 is 2.55 bits per heavy atom. The van der Waals surface area contributed by atoms with Gasteiger partial charge in [-0.1, -0.05) is 64.4 Å². The fourth-order valence-electron chi connectivity index (χ4n) is 5.82. The minimum absolute atomic E-state index is 0.0549. The normalized spacial score (nSPS) is 18.8. The third kappa shape index (κ3) is 8.42. The van der Waals surface area contributed by atoms with Crippen LogP contribution in [-0.2, 0) is 25.8 Å². The number of aromatic nitrogens is 1. The average Bonchev–Trinajstić information content (AvgIpc) is 3.69. The van der Waals surface area contributed by atoms with Crippen molar-refractivity contribution >= 4 is 43.2 Å². The lowest BCUT2D eigenvalue weighted by atomic mass is 10.0. The number of hydroxylamine groups is 1. The molecule has 44 heavy (non-hydrogen) atoms. The van der Waals surface area contributed by atoms with Gasteiger partial charge < -0.3 is 5.32 Å². The van der Waals surface area contributed by atoms with Gasteiger partial charge in [-0.3, -0.25) is 9.59 Å². The smallest absolute Gasteiger partial charge is 0.287 e. The molecule has 3 unspecified atom stereocenters. The predicted molar refractivity (Wildman–Crippen MR) is 172 cm³/mol. The molecule has 1 fully saturated rings. The molecule has 0 aliphatic carbocycles. The number of hydrogen-bond donors (Lipinski definition) is 3. The monoisotopic (exact) mass is 644 g/mol. The third-order valence-corrected chi connectivity index (χ3v) is 11.1. The molecule has 1 aliphatic rings. The summed E-state index contributed by atoms with van der Waals surface area (Å²) in [5.74, 6) is -1.58. The molecule has 0 spiro atoms. The van der Waals surface area contributed by atoms with Crippen molar-refractivity contribution in [2.45, 2.75) is 83.2 Å². The molecule has 1 aliphatic heterocycles. The maximum atomic E-state index is 14.1. The molecule has 1 aromatic heterocycles. The lowest BCUT2D eigenvalue weighted by molar-refractivity contribution is -1.21. The van der Waals surface area contributed by atoms with Crippen LogP contribution in [-0.4, -0.2) is 71.2 Å². The van der Waals surface area contributed by atoms with E-state index in [9.17, 15) is 23.2 Å². The first-order chi connectivity index (χ1) is 21.0. The summed E-state index contributed by atoms with van der Waals surface area (Å²) in [5.41, 5.74) is 6.18. The molecule has 10 nitrogen and oxygen atoms in total. The first-order valence-corrected chi connectivity index (χ1v) is 18.1. The molecular formula is C32H46N5O5S2+. The summed E-state index contributed by atoms with van der Waals surface area (Å²) >= 11 is 1.37. The second-order valence-electron chi connectivity index (χ2n) is 12.1. The van der Waals surface area contributed by atoms with Crippen molar-refractivity contribution in [1.29, 1.82) is 0 Å². The number of amides is 2. The van der Waals surface area contributed by atoms with Gasteiger partial charge in [0.1, 0.15) is 0 Å². The summed E-state index contributed by atoms with van der Waals surface area (Å²) in [5, 5.41) is 17.0. The van der Waals surface area contributed by atoms with E-state index in [1.165, 1.54) is 16.3 Å². The molecule has 0 radical (unpaired) electrons. The van der Waals surface area contributed by atoms with E-state index in [0.717, 1.165) is 28.6 Å². The summed E-state index contributed by atoms with van der Waals surface area (Å²) in [6, 6.07) is 13.6. The summed E-state index contributed by atoms with van der Waals surface area (Å²) in [7, 11) is -3.76. The summed E-state index contributed by atoms with van der Waals surface area (Å²) in [4.78, 5) is 30.8. The summed E-state index contributed by atoms with van der Waals surface area (Å²) in [6.07, 6.45) is 3.37. The van der Waals surface area contributed by atoms with Crippen LogP contribution in [0.15, 0.2) is 58.9 Å². The van der Waals surface area contributed by atoms with Gasteiger partial charge in [0.2, 0.25) is 0 Å². The number of nitrogens with zero attached hydrogens (tertiary/aromatic N) is 3. The van der Waals surface area contributed by atoms with Crippen LogP contribution in [0.2, 0.25) is 0 Å². The van der Waals surface area contributed by atoms with Crippen LogP contribution in [0.1, 0.15) is 65.4 Å². The standard InChI is InChI=1S/C32H45N5O5S2/c1-5-23(3)17-31(38)36(26(6-2)18-25-11-8-7-9-12-25)37(40,35-32(39)29-13-10-16-33-29)20-24(4)21-44(41,42)27-14-15-28-30(19-27)43-22-34-28/h7-9,11-12,14-15,19,22-24,26,29,33,40H,5-6,10,13,16-18,20-21H2,1-4H3/p+1/t23-,24+,26?,29?,37?/m0/s1. The highest BCUT2D eigenvalue weighted by atomic mass is 32.2. The van der Waals surface area contributed by atoms with Crippen LogP contribution in [0.4, 0.5) is 0 Å². The number of carbonyl (C=O) groups is 2. The van der Waals surface area contributed by atoms with E-state index in [4.69, 9.17) is 0 Å². The molecule has 2 heterocycles. The van der Waals surface area contributed by atoms with E-state index in [1.54, 1.807) is 30.6 Å². The average molecular weight is 645 g/mol. The number of benzene rings is 2. The van der Waals surface area contributed by atoms with Crippen molar-refractivity contribution in [1.82, 2.24) is 20.7 Å². The Balaban J connectivity index is 1.69. The second-order valence-corrected chi connectivity index (χ2v) is 15.0. The van der Waals surface area contributed by atoms with E-state index in [1.807, 2.05) is 51.1 Å². The second kappa shape index (κ2) is 14.9. The number of fused-ring (bicyclic) bond motifs is 1. The lowest BCUT2D eigenvalue weighted by Gasteiger charge is -2.43. The highest BCUT2D eigenvalue weighted by molar-refractivity contribution is 7.91. The number of rotatable bonds is 15. The molecule has 12 heteroatoms. The van der Waals surface area contributed by atoms with Gasteiger partial charge in [-0.05, 0) is 61.9 Å². The van der Waals surface area contributed by atoms with Crippen molar-refractivity contribution in [2.75, 3.05) is 18.8 Å². The van der Waals surface area contributed by atoms with Crippen LogP contribution in [0.3, 0.4) is 0 Å². The zero-order valence-electron chi connectivity index (χ0n) is 26.1. The van der Waals surface area contributed by atoms with E-state index in [0.29, 0.717) is 25.8 Å². The van der Waals surface area contributed by atoms with Crippen molar-refractivity contribution in [3.63, 3.8) is 0 Å². The molecule has 5 atom stereocenters. The topological polar surface area (TPSA) is 129 Å². The van der Waals surface area contributed by atoms with Crippen LogP contribution < -0.4 is 10.7 Å². The minimum atomic E-state index is -3.76. The maximum absolute atomic E-state index is 14.1. The largest absolute Gasteiger partial charge is 0.306 e. The van der Waals surface area contributed by atoms with Gasteiger partial charge in [-0.25, -0.2) is 13.4 Å². The highest BCUT2D eigenvalue weighted by Crippen LogP contribution is 2.27. The molecule has 0 bridgehead atoms. The molecule has 3 N–H and O–H groups in total. The minimum Gasteiger partial charge on any atom is -0.306 e. The SMILES string of the molecule is CCC(Cc1ccccc1)N(C(=O)C[C@@H](C)CC)[N+](O)(C[C@@H](C)CS(=O)(=O)c1ccc2ncsc2c1)NC(=O)C1CCCN1. The number of sulfone groups is 1. The molecule has 1 saturated heterocycles. The Hall–Kier alpha value is -2.90. The van der Waals surface area contributed by atoms with Gasteiger partial charge in [-0.15, -0.1) is 21.8 Å². The van der Waals surface area contributed by atoms with E-state index >= 15 is 0 Å². The fraction of sp³-hybridized carbons (Fsp3) is 0.531. The number of thiazole rings is 1. The molecule has 3 aromatic rings. The van der Waals surface area contributed by atoms with Crippen molar-refractivity contribution in [2.24, 2.45) is 11.8 Å². The zero-order valence-corrected chi connectivity index (χ0v) is 27.7. The van der Waals surface area contributed by atoms with Gasteiger partial charge in [-0.2, -0.15) is 5.21 Å². The van der Waals surface area contributed by atoms with Gasteiger partial charge in [0.25, 0.3) is 11.8 Å². The van der Waals surface area contributed by atoms with Crippen LogP contribution in [0, 0.1) is 11.8 Å². The van der Waals surface area contributed by atoms with E-state index in [2.05, 4.69) is 15.7 Å². The first kappa shape index (κ1) is 34.0. The summed E-state index contributed by atoms with van der Waals surface area (Å²) < 4.78 is 27.9. The van der Waals surface area contributed by atoms with Crippen molar-refractivity contribution in [3.8, 4) is 0 Å². The first-order valence-electron chi connectivity index (χ1n) is 15.5. The van der Waals surface area contributed by atoms with Crippen LogP contribution in [0.5, 0.6) is 0 Å². The van der Waals surface area contributed by atoms with E-state index in [-0.39, 0.29) is 35.4 Å². The Labute approximate surface area is 264 Å². The number of nitrogens with one attached hydrogen (secondary N) is 2. The highest BCUT2D eigenvalue weighted by Gasteiger charge is 2.47. The van der Waals surface area contributed by atoms with E-state index < -0.39 is 38.6 Å². The fourth-order valence-corrected chi connectivity index (χ4v) is 8.23. The Morgan fingerprint density at radius 1 is 1.14 bits per heavy atom.